The molecule has 0 spiro atoms. The molecule has 2 rings (SSSR count). The molecule has 19 heavy (non-hydrogen) atoms. The van der Waals surface area contributed by atoms with Crippen molar-refractivity contribution in [2.75, 3.05) is 13.1 Å². The predicted molar refractivity (Wildman–Crippen MR) is 80.7 cm³/mol. The Morgan fingerprint density at radius 3 is 2.47 bits per heavy atom. The summed E-state index contributed by atoms with van der Waals surface area (Å²) < 4.78 is 0. The maximum atomic E-state index is 12.4. The van der Waals surface area contributed by atoms with Gasteiger partial charge in [-0.15, -0.1) is 11.6 Å². The SMILES string of the molecule is CCC1CCC(C)N(CC(=O)C2CCC(Cl)CC2)C1. The second-order valence-electron chi connectivity index (χ2n) is 6.55. The van der Waals surface area contributed by atoms with Gasteiger partial charge in [0, 0.05) is 23.9 Å². The zero-order valence-corrected chi connectivity index (χ0v) is 13.2. The van der Waals surface area contributed by atoms with E-state index in [9.17, 15) is 4.79 Å². The van der Waals surface area contributed by atoms with Crippen LogP contribution in [0.3, 0.4) is 0 Å². The minimum atomic E-state index is 0.282. The molecule has 1 aliphatic heterocycles. The molecular weight excluding hydrogens is 258 g/mol. The predicted octanol–water partition coefficient (Wildman–Crippen LogP) is 3.86. The maximum absolute atomic E-state index is 12.4. The summed E-state index contributed by atoms with van der Waals surface area (Å²) in [5, 5.41) is 0.308. The van der Waals surface area contributed by atoms with E-state index in [1.54, 1.807) is 0 Å². The number of carbonyl (C=O) groups excluding carboxylic acids is 1. The maximum Gasteiger partial charge on any atom is 0.149 e. The number of ketones is 1. The second-order valence-corrected chi connectivity index (χ2v) is 7.16. The monoisotopic (exact) mass is 285 g/mol. The third kappa shape index (κ3) is 4.19. The van der Waals surface area contributed by atoms with Crippen LogP contribution in [-0.4, -0.2) is 35.2 Å². The zero-order chi connectivity index (χ0) is 13.8. The molecule has 0 bridgehead atoms. The summed E-state index contributed by atoms with van der Waals surface area (Å²) in [7, 11) is 0. The lowest BCUT2D eigenvalue weighted by Crippen LogP contribution is -2.45. The van der Waals surface area contributed by atoms with Crippen LogP contribution in [0.2, 0.25) is 0 Å². The summed E-state index contributed by atoms with van der Waals surface area (Å²) >= 11 is 6.12. The molecule has 2 fully saturated rings. The Kier molecular flexibility index (Phi) is 5.70. The summed E-state index contributed by atoms with van der Waals surface area (Å²) in [4.78, 5) is 14.9. The van der Waals surface area contributed by atoms with E-state index in [1.807, 2.05) is 0 Å². The van der Waals surface area contributed by atoms with Gasteiger partial charge in [0.2, 0.25) is 0 Å². The van der Waals surface area contributed by atoms with Crippen molar-refractivity contribution in [2.45, 2.75) is 70.2 Å². The van der Waals surface area contributed by atoms with E-state index in [1.165, 1.54) is 19.3 Å². The Labute approximate surface area is 122 Å². The number of halogens is 1. The van der Waals surface area contributed by atoms with Crippen LogP contribution in [0, 0.1) is 11.8 Å². The normalized spacial score (nSPS) is 37.2. The van der Waals surface area contributed by atoms with E-state index in [4.69, 9.17) is 11.6 Å². The number of rotatable bonds is 4. The van der Waals surface area contributed by atoms with Gasteiger partial charge in [0.25, 0.3) is 0 Å². The summed E-state index contributed by atoms with van der Waals surface area (Å²) in [6.45, 7) is 6.33. The molecule has 1 saturated heterocycles. The molecule has 2 aliphatic rings. The van der Waals surface area contributed by atoms with Crippen molar-refractivity contribution >= 4 is 17.4 Å². The molecule has 1 saturated carbocycles. The van der Waals surface area contributed by atoms with Crippen molar-refractivity contribution in [3.05, 3.63) is 0 Å². The Morgan fingerprint density at radius 1 is 1.16 bits per heavy atom. The molecule has 2 atom stereocenters. The van der Waals surface area contributed by atoms with Crippen LogP contribution in [0.5, 0.6) is 0 Å². The first kappa shape index (κ1) is 15.3. The number of carbonyl (C=O) groups is 1. The summed E-state index contributed by atoms with van der Waals surface area (Å²) in [5.74, 6) is 1.54. The van der Waals surface area contributed by atoms with Crippen molar-refractivity contribution in [3.63, 3.8) is 0 Å². The van der Waals surface area contributed by atoms with Gasteiger partial charge in [0.1, 0.15) is 5.78 Å². The van der Waals surface area contributed by atoms with E-state index in [2.05, 4.69) is 18.7 Å². The Balaban J connectivity index is 1.83. The highest BCUT2D eigenvalue weighted by atomic mass is 35.5. The lowest BCUT2D eigenvalue weighted by atomic mass is 9.85. The summed E-state index contributed by atoms with van der Waals surface area (Å²) in [5.41, 5.74) is 0. The lowest BCUT2D eigenvalue weighted by molar-refractivity contribution is -0.126. The summed E-state index contributed by atoms with van der Waals surface area (Å²) in [6, 6.07) is 0.580. The molecule has 1 aliphatic carbocycles. The van der Waals surface area contributed by atoms with Gasteiger partial charge in [0.15, 0.2) is 0 Å². The van der Waals surface area contributed by atoms with Gasteiger partial charge in [-0.3, -0.25) is 9.69 Å². The van der Waals surface area contributed by atoms with Gasteiger partial charge < -0.3 is 0 Å². The van der Waals surface area contributed by atoms with Gasteiger partial charge in [-0.2, -0.15) is 0 Å². The van der Waals surface area contributed by atoms with Crippen LogP contribution in [0.1, 0.15) is 58.8 Å². The average Bonchev–Trinajstić information content (AvgIpc) is 2.42. The largest absolute Gasteiger partial charge is 0.298 e. The van der Waals surface area contributed by atoms with Crippen LogP contribution in [-0.2, 0) is 4.79 Å². The fraction of sp³-hybridized carbons (Fsp3) is 0.938. The molecule has 1 heterocycles. The van der Waals surface area contributed by atoms with Crippen LogP contribution in [0.15, 0.2) is 0 Å². The minimum Gasteiger partial charge on any atom is -0.298 e. The third-order valence-corrected chi connectivity index (χ3v) is 5.59. The van der Waals surface area contributed by atoms with Crippen molar-refractivity contribution in [2.24, 2.45) is 11.8 Å². The van der Waals surface area contributed by atoms with Crippen LogP contribution < -0.4 is 0 Å². The highest BCUT2D eigenvalue weighted by molar-refractivity contribution is 6.20. The lowest BCUT2D eigenvalue weighted by Gasteiger charge is -2.38. The molecule has 110 valence electrons. The Morgan fingerprint density at radius 2 is 1.84 bits per heavy atom. The van der Waals surface area contributed by atoms with E-state index in [0.717, 1.165) is 38.1 Å². The van der Waals surface area contributed by atoms with Gasteiger partial charge in [-0.05, 0) is 51.4 Å². The fourth-order valence-electron chi connectivity index (χ4n) is 3.52. The number of likely N-dealkylation sites (tertiary alicyclic amines) is 1. The molecule has 2 nitrogen and oxygen atoms in total. The highest BCUT2D eigenvalue weighted by Crippen LogP contribution is 2.29. The topological polar surface area (TPSA) is 20.3 Å². The van der Waals surface area contributed by atoms with Crippen molar-refractivity contribution in [1.82, 2.24) is 4.90 Å². The zero-order valence-electron chi connectivity index (χ0n) is 12.4. The standard InChI is InChI=1S/C16H28ClNO/c1-3-13-5-4-12(2)18(10-13)11-16(19)14-6-8-15(17)9-7-14/h12-15H,3-11H2,1-2H3. The number of Topliss-reactive ketones (excluding diaryl/α,β-unsaturated/α-hetero) is 1. The highest BCUT2D eigenvalue weighted by Gasteiger charge is 2.30. The van der Waals surface area contributed by atoms with Crippen LogP contribution >= 0.6 is 11.6 Å². The quantitative estimate of drug-likeness (QED) is 0.731. The van der Waals surface area contributed by atoms with Crippen molar-refractivity contribution in [3.8, 4) is 0 Å². The van der Waals surface area contributed by atoms with Crippen molar-refractivity contribution in [1.29, 1.82) is 0 Å². The number of piperidine rings is 1. The Bertz CT molecular complexity index is 299. The van der Waals surface area contributed by atoms with Gasteiger partial charge in [-0.25, -0.2) is 0 Å². The first-order chi connectivity index (χ1) is 9.10. The molecule has 0 aromatic heterocycles. The van der Waals surface area contributed by atoms with Gasteiger partial charge in [-0.1, -0.05) is 13.3 Å². The van der Waals surface area contributed by atoms with Crippen LogP contribution in [0.4, 0.5) is 0 Å². The summed E-state index contributed by atoms with van der Waals surface area (Å²) in [6.07, 6.45) is 7.88. The Hall–Kier alpha value is -0.0800. The third-order valence-electron chi connectivity index (χ3n) is 5.16. The van der Waals surface area contributed by atoms with E-state index < -0.39 is 0 Å². The number of hydrogen-bond donors (Lipinski definition) is 0. The first-order valence-electron chi connectivity index (χ1n) is 8.01. The molecular formula is C16H28ClNO. The fourth-order valence-corrected chi connectivity index (χ4v) is 3.77. The average molecular weight is 286 g/mol. The molecule has 0 N–H and O–H groups in total. The number of nitrogens with zero attached hydrogens (tertiary/aromatic N) is 1. The minimum absolute atomic E-state index is 0.282. The number of hydrogen-bond acceptors (Lipinski definition) is 2. The molecule has 2 unspecified atom stereocenters. The molecule has 3 heteroatoms. The van der Waals surface area contributed by atoms with E-state index in [-0.39, 0.29) is 5.92 Å². The van der Waals surface area contributed by atoms with Gasteiger partial charge in [0.05, 0.1) is 6.54 Å². The van der Waals surface area contributed by atoms with E-state index >= 15 is 0 Å². The molecule has 0 radical (unpaired) electrons. The molecule has 0 amide bonds. The first-order valence-corrected chi connectivity index (χ1v) is 8.44. The van der Waals surface area contributed by atoms with Gasteiger partial charge >= 0.3 is 0 Å². The van der Waals surface area contributed by atoms with Crippen molar-refractivity contribution < 1.29 is 4.79 Å². The number of alkyl halides is 1. The molecule has 0 aromatic rings. The molecule has 0 aromatic carbocycles. The van der Waals surface area contributed by atoms with E-state index in [0.29, 0.717) is 23.7 Å². The smallest absolute Gasteiger partial charge is 0.149 e. The second kappa shape index (κ2) is 7.08. The van der Waals surface area contributed by atoms with Crippen LogP contribution in [0.25, 0.3) is 0 Å².